The van der Waals surface area contributed by atoms with Crippen molar-refractivity contribution in [2.45, 2.75) is 17.9 Å². The van der Waals surface area contributed by atoms with Crippen LogP contribution in [0.15, 0.2) is 47.5 Å². The Morgan fingerprint density at radius 2 is 1.92 bits per heavy atom. The number of halogens is 1. The van der Waals surface area contributed by atoms with Crippen LogP contribution in [0, 0.1) is 0 Å². The topological polar surface area (TPSA) is 128 Å². The van der Waals surface area contributed by atoms with Crippen molar-refractivity contribution in [1.29, 1.82) is 0 Å². The van der Waals surface area contributed by atoms with Crippen LogP contribution in [0.5, 0.6) is 0 Å². The Morgan fingerprint density at radius 3 is 2.50 bits per heavy atom. The molecule has 0 radical (unpaired) electrons. The number of nitrogens with two attached hydrogens (primary N) is 1. The molecular formula is C16H16ClN3O5S. The maximum absolute atomic E-state index is 11.9. The molecule has 10 heteroatoms. The molecule has 0 aliphatic carbocycles. The van der Waals surface area contributed by atoms with Gasteiger partial charge >= 0.3 is 5.97 Å². The van der Waals surface area contributed by atoms with E-state index in [0.717, 1.165) is 0 Å². The Labute approximate surface area is 155 Å². The van der Waals surface area contributed by atoms with Crippen LogP contribution in [0.4, 0.5) is 0 Å². The Hall–Kier alpha value is -2.49. The van der Waals surface area contributed by atoms with Crippen LogP contribution in [0.25, 0.3) is 0 Å². The highest BCUT2D eigenvalue weighted by Crippen LogP contribution is 2.16. The van der Waals surface area contributed by atoms with Crippen LogP contribution in [0.2, 0.25) is 5.15 Å². The van der Waals surface area contributed by atoms with Crippen molar-refractivity contribution in [3.05, 3.63) is 58.9 Å². The summed E-state index contributed by atoms with van der Waals surface area (Å²) in [5, 5.41) is 7.65. The monoisotopic (exact) mass is 397 g/mol. The zero-order chi connectivity index (χ0) is 19.3. The summed E-state index contributed by atoms with van der Waals surface area (Å²) in [6.45, 7) is 1.20. The van der Waals surface area contributed by atoms with Gasteiger partial charge in [0.05, 0.1) is 16.5 Å². The highest BCUT2D eigenvalue weighted by Gasteiger charge is 2.16. The molecule has 3 N–H and O–H groups in total. The first-order chi connectivity index (χ1) is 12.2. The fourth-order valence-electron chi connectivity index (χ4n) is 2.06. The van der Waals surface area contributed by atoms with Crippen molar-refractivity contribution in [3.63, 3.8) is 0 Å². The van der Waals surface area contributed by atoms with Crippen LogP contribution < -0.4 is 10.5 Å². The second-order valence-electron chi connectivity index (χ2n) is 5.32. The summed E-state index contributed by atoms with van der Waals surface area (Å²) >= 11 is 5.78. The third-order valence-corrected chi connectivity index (χ3v) is 4.63. The number of nitrogens with zero attached hydrogens (tertiary/aromatic N) is 1. The van der Waals surface area contributed by atoms with E-state index in [-0.39, 0.29) is 15.6 Å². The van der Waals surface area contributed by atoms with Crippen molar-refractivity contribution >= 4 is 33.5 Å². The van der Waals surface area contributed by atoms with Gasteiger partial charge in [-0.3, -0.25) is 4.79 Å². The SMILES string of the molecule is C[C@@H](NC(=O)COC(=O)c1cccnc1Cl)c1ccc(S(N)(=O)=O)cc1. The molecule has 0 aliphatic heterocycles. The van der Waals surface area contributed by atoms with E-state index in [9.17, 15) is 18.0 Å². The molecule has 1 aromatic heterocycles. The molecule has 1 aromatic carbocycles. The molecule has 1 amide bonds. The number of ether oxygens (including phenoxy) is 1. The van der Waals surface area contributed by atoms with Crippen LogP contribution in [0.1, 0.15) is 28.9 Å². The van der Waals surface area contributed by atoms with E-state index in [4.69, 9.17) is 21.5 Å². The number of esters is 1. The van der Waals surface area contributed by atoms with Gasteiger partial charge in [0.1, 0.15) is 5.15 Å². The zero-order valence-corrected chi connectivity index (χ0v) is 15.3. The molecular weight excluding hydrogens is 382 g/mol. The average molecular weight is 398 g/mol. The molecule has 0 unspecified atom stereocenters. The highest BCUT2D eigenvalue weighted by molar-refractivity contribution is 7.89. The molecule has 0 bridgehead atoms. The largest absolute Gasteiger partial charge is 0.452 e. The number of carbonyl (C=O) groups excluding carboxylic acids is 2. The van der Waals surface area contributed by atoms with Crippen LogP contribution >= 0.6 is 11.6 Å². The van der Waals surface area contributed by atoms with Crippen molar-refractivity contribution in [3.8, 4) is 0 Å². The molecule has 0 spiro atoms. The van der Waals surface area contributed by atoms with Crippen LogP contribution in [-0.4, -0.2) is 31.9 Å². The standard InChI is InChI=1S/C16H16ClN3O5S/c1-10(11-4-6-12(7-5-11)26(18,23)24)20-14(21)9-25-16(22)13-3-2-8-19-15(13)17/h2-8,10H,9H2,1H3,(H,20,21)(H2,18,23,24)/t10-/m1/s1. The number of pyridine rings is 1. The molecule has 0 saturated heterocycles. The Morgan fingerprint density at radius 1 is 1.27 bits per heavy atom. The fourth-order valence-corrected chi connectivity index (χ4v) is 2.77. The number of benzene rings is 1. The number of sulfonamides is 1. The van der Waals surface area contributed by atoms with Crippen molar-refractivity contribution in [2.75, 3.05) is 6.61 Å². The molecule has 1 atom stereocenters. The van der Waals surface area contributed by atoms with Crippen molar-refractivity contribution in [2.24, 2.45) is 5.14 Å². The van der Waals surface area contributed by atoms with Gasteiger partial charge in [-0.25, -0.2) is 23.3 Å². The fraction of sp³-hybridized carbons (Fsp3) is 0.188. The summed E-state index contributed by atoms with van der Waals surface area (Å²) in [4.78, 5) is 27.5. The summed E-state index contributed by atoms with van der Waals surface area (Å²) in [5.74, 6) is -1.29. The minimum absolute atomic E-state index is 0.0128. The Kier molecular flexibility index (Phi) is 6.30. The first kappa shape index (κ1) is 19.8. The normalized spacial score (nSPS) is 12.3. The lowest BCUT2D eigenvalue weighted by Gasteiger charge is -2.15. The van der Waals surface area contributed by atoms with Gasteiger partial charge in [-0.15, -0.1) is 0 Å². The lowest BCUT2D eigenvalue weighted by Crippen LogP contribution is -2.31. The number of carbonyl (C=O) groups is 2. The van der Waals surface area contributed by atoms with Gasteiger partial charge in [-0.1, -0.05) is 23.7 Å². The quantitative estimate of drug-likeness (QED) is 0.560. The van der Waals surface area contributed by atoms with Gasteiger partial charge in [-0.2, -0.15) is 0 Å². The molecule has 1 heterocycles. The number of hydrogen-bond donors (Lipinski definition) is 2. The second kappa shape index (κ2) is 8.26. The van der Waals surface area contributed by atoms with E-state index in [2.05, 4.69) is 10.3 Å². The van der Waals surface area contributed by atoms with Crippen LogP contribution in [-0.2, 0) is 19.6 Å². The lowest BCUT2D eigenvalue weighted by molar-refractivity contribution is -0.124. The van der Waals surface area contributed by atoms with E-state index >= 15 is 0 Å². The van der Waals surface area contributed by atoms with Gasteiger partial charge in [0.25, 0.3) is 5.91 Å². The first-order valence-corrected chi connectivity index (χ1v) is 9.30. The van der Waals surface area contributed by atoms with E-state index < -0.39 is 34.5 Å². The molecule has 8 nitrogen and oxygen atoms in total. The summed E-state index contributed by atoms with van der Waals surface area (Å²) in [6.07, 6.45) is 1.43. The molecule has 0 saturated carbocycles. The lowest BCUT2D eigenvalue weighted by atomic mass is 10.1. The predicted molar refractivity (Wildman–Crippen MR) is 93.9 cm³/mol. The first-order valence-electron chi connectivity index (χ1n) is 7.38. The zero-order valence-electron chi connectivity index (χ0n) is 13.7. The van der Waals surface area contributed by atoms with Crippen LogP contribution in [0.3, 0.4) is 0 Å². The number of nitrogens with one attached hydrogen (secondary N) is 1. The van der Waals surface area contributed by atoms with Crippen molar-refractivity contribution in [1.82, 2.24) is 10.3 Å². The van der Waals surface area contributed by atoms with E-state index in [1.807, 2.05) is 0 Å². The van der Waals surface area contributed by atoms with Crippen molar-refractivity contribution < 1.29 is 22.7 Å². The molecule has 0 aliphatic rings. The summed E-state index contributed by atoms with van der Waals surface area (Å²) in [5.41, 5.74) is 0.723. The predicted octanol–water partition coefficient (Wildman–Crippen LogP) is 1.42. The number of amides is 1. The highest BCUT2D eigenvalue weighted by atomic mass is 35.5. The molecule has 2 aromatic rings. The van der Waals surface area contributed by atoms with E-state index in [1.165, 1.54) is 42.6 Å². The third kappa shape index (κ3) is 5.25. The number of hydrogen-bond acceptors (Lipinski definition) is 6. The molecule has 0 fully saturated rings. The Bertz CT molecular complexity index is 916. The third-order valence-electron chi connectivity index (χ3n) is 3.40. The number of aromatic nitrogens is 1. The maximum atomic E-state index is 11.9. The van der Waals surface area contributed by atoms with Gasteiger partial charge < -0.3 is 10.1 Å². The molecule has 26 heavy (non-hydrogen) atoms. The summed E-state index contributed by atoms with van der Waals surface area (Å²) in [7, 11) is -3.78. The van der Waals surface area contributed by atoms with E-state index in [1.54, 1.807) is 6.92 Å². The van der Waals surface area contributed by atoms with E-state index in [0.29, 0.717) is 5.56 Å². The molecule has 138 valence electrons. The number of rotatable bonds is 6. The second-order valence-corrected chi connectivity index (χ2v) is 7.24. The van der Waals surface area contributed by atoms with Gasteiger partial charge in [0.15, 0.2) is 6.61 Å². The van der Waals surface area contributed by atoms with Gasteiger partial charge in [0, 0.05) is 6.20 Å². The number of primary sulfonamides is 1. The minimum atomic E-state index is -3.78. The smallest absolute Gasteiger partial charge is 0.341 e. The maximum Gasteiger partial charge on any atom is 0.341 e. The Balaban J connectivity index is 1.91. The summed E-state index contributed by atoms with van der Waals surface area (Å²) < 4.78 is 27.4. The molecule has 2 rings (SSSR count). The minimum Gasteiger partial charge on any atom is -0.452 e. The summed E-state index contributed by atoms with van der Waals surface area (Å²) in [6, 6.07) is 8.28. The van der Waals surface area contributed by atoms with Gasteiger partial charge in [-0.05, 0) is 36.8 Å². The van der Waals surface area contributed by atoms with Gasteiger partial charge in [0.2, 0.25) is 10.0 Å². The average Bonchev–Trinajstić information content (AvgIpc) is 2.59.